The molecule has 0 aromatic carbocycles. The van der Waals surface area contributed by atoms with E-state index in [9.17, 15) is 4.79 Å². The van der Waals surface area contributed by atoms with Gasteiger partial charge in [-0.05, 0) is 31.4 Å². The zero-order valence-electron chi connectivity index (χ0n) is 13.2. The quantitative estimate of drug-likeness (QED) is 0.564. The van der Waals surface area contributed by atoms with Crippen molar-refractivity contribution in [1.82, 2.24) is 0 Å². The Morgan fingerprint density at radius 2 is 1.50 bits per heavy atom. The summed E-state index contributed by atoms with van der Waals surface area (Å²) in [7, 11) is 0. The fourth-order valence-electron chi connectivity index (χ4n) is 2.61. The van der Waals surface area contributed by atoms with Gasteiger partial charge in [-0.1, -0.05) is 51.9 Å². The number of carbonyl (C=O) groups is 1. The lowest BCUT2D eigenvalue weighted by atomic mass is 10.1. The summed E-state index contributed by atoms with van der Waals surface area (Å²) in [6.07, 6.45) is 14.5. The average molecular weight is 301 g/mol. The maximum atomic E-state index is 11.5. The highest BCUT2D eigenvalue weighted by Crippen LogP contribution is 2.19. The summed E-state index contributed by atoms with van der Waals surface area (Å²) in [6.45, 7) is 2.91. The molecule has 1 aliphatic heterocycles. The first-order valence-corrected chi connectivity index (χ1v) is 9.61. The van der Waals surface area contributed by atoms with Crippen LogP contribution < -0.4 is 0 Å². The van der Waals surface area contributed by atoms with E-state index in [0.717, 1.165) is 19.3 Å². The molecule has 0 spiro atoms. The molecule has 0 aromatic rings. The van der Waals surface area contributed by atoms with Crippen LogP contribution >= 0.6 is 11.8 Å². The van der Waals surface area contributed by atoms with Gasteiger partial charge in [-0.3, -0.25) is 4.79 Å². The van der Waals surface area contributed by atoms with E-state index in [2.05, 4.69) is 18.7 Å². The molecule has 0 radical (unpaired) electrons. The first-order valence-electron chi connectivity index (χ1n) is 8.56. The van der Waals surface area contributed by atoms with Crippen molar-refractivity contribution in [1.29, 1.82) is 0 Å². The van der Waals surface area contributed by atoms with Gasteiger partial charge in [0.1, 0.15) is 0 Å². The predicted molar refractivity (Wildman–Crippen MR) is 88.3 cm³/mol. The van der Waals surface area contributed by atoms with Crippen LogP contribution in [0.25, 0.3) is 0 Å². The number of rotatable bonds is 0. The molecule has 1 unspecified atom stereocenters. The molecule has 0 bridgehead atoms. The first-order chi connectivity index (χ1) is 9.79. The highest BCUT2D eigenvalue weighted by Gasteiger charge is 2.06. The van der Waals surface area contributed by atoms with Gasteiger partial charge < -0.3 is 4.74 Å². The molecule has 1 rings (SSSR count). The standard InChI is InChI=1S/C17H32O2S/c1-16-12-11-14-19-17(18)13-9-7-5-3-2-4-6-8-10-15-20-16/h16H,2-15H2,1H3. The van der Waals surface area contributed by atoms with Crippen molar-refractivity contribution in [2.75, 3.05) is 12.4 Å². The minimum absolute atomic E-state index is 0.00595. The molecule has 118 valence electrons. The van der Waals surface area contributed by atoms with Crippen molar-refractivity contribution in [3.8, 4) is 0 Å². The number of cyclic esters (lactones) is 1. The number of ether oxygens (including phenoxy) is 1. The van der Waals surface area contributed by atoms with Crippen LogP contribution in [0.5, 0.6) is 0 Å². The molecule has 1 heterocycles. The first kappa shape index (κ1) is 17.9. The summed E-state index contributed by atoms with van der Waals surface area (Å²) in [5, 5.41) is 0.701. The monoisotopic (exact) mass is 300 g/mol. The van der Waals surface area contributed by atoms with Crippen LogP contribution in [-0.4, -0.2) is 23.6 Å². The number of thioether (sulfide) groups is 1. The molecular formula is C17H32O2S. The SMILES string of the molecule is CC1CCCOC(=O)CCCCCCCCCCCS1. The minimum Gasteiger partial charge on any atom is -0.466 e. The molecule has 2 nitrogen and oxygen atoms in total. The molecular weight excluding hydrogens is 268 g/mol. The van der Waals surface area contributed by atoms with Gasteiger partial charge in [0.05, 0.1) is 6.61 Å². The molecule has 1 aliphatic rings. The van der Waals surface area contributed by atoms with Gasteiger partial charge in [0.2, 0.25) is 0 Å². The molecule has 0 saturated carbocycles. The molecule has 1 saturated heterocycles. The smallest absolute Gasteiger partial charge is 0.305 e. The minimum atomic E-state index is 0.00595. The molecule has 3 heteroatoms. The molecule has 1 fully saturated rings. The van der Waals surface area contributed by atoms with E-state index in [1.165, 1.54) is 57.1 Å². The third kappa shape index (κ3) is 10.6. The van der Waals surface area contributed by atoms with Crippen LogP contribution in [-0.2, 0) is 9.53 Å². The highest BCUT2D eigenvalue weighted by atomic mass is 32.2. The summed E-state index contributed by atoms with van der Waals surface area (Å²) in [5.41, 5.74) is 0. The van der Waals surface area contributed by atoms with E-state index in [1.807, 2.05) is 0 Å². The Hall–Kier alpha value is -0.180. The Morgan fingerprint density at radius 1 is 0.900 bits per heavy atom. The number of hydrogen-bond donors (Lipinski definition) is 0. The highest BCUT2D eigenvalue weighted by molar-refractivity contribution is 7.99. The van der Waals surface area contributed by atoms with Crippen molar-refractivity contribution in [2.24, 2.45) is 0 Å². The van der Waals surface area contributed by atoms with Crippen LogP contribution in [0.15, 0.2) is 0 Å². The van der Waals surface area contributed by atoms with Gasteiger partial charge in [0.15, 0.2) is 0 Å². The number of esters is 1. The van der Waals surface area contributed by atoms with Crippen molar-refractivity contribution in [3.63, 3.8) is 0 Å². The van der Waals surface area contributed by atoms with E-state index in [0.29, 0.717) is 18.3 Å². The van der Waals surface area contributed by atoms with E-state index in [1.54, 1.807) is 0 Å². The Balaban J connectivity index is 2.18. The largest absolute Gasteiger partial charge is 0.466 e. The van der Waals surface area contributed by atoms with Crippen molar-refractivity contribution in [2.45, 2.75) is 89.2 Å². The Kier molecular flexibility index (Phi) is 11.2. The van der Waals surface area contributed by atoms with Gasteiger partial charge in [-0.25, -0.2) is 0 Å². The van der Waals surface area contributed by atoms with Gasteiger partial charge in [0, 0.05) is 11.7 Å². The average Bonchev–Trinajstić information content (AvgIpc) is 2.44. The van der Waals surface area contributed by atoms with Gasteiger partial charge in [-0.15, -0.1) is 0 Å². The second kappa shape index (κ2) is 12.6. The second-order valence-corrected chi connectivity index (χ2v) is 7.52. The maximum absolute atomic E-state index is 11.5. The maximum Gasteiger partial charge on any atom is 0.305 e. The van der Waals surface area contributed by atoms with E-state index in [-0.39, 0.29) is 5.97 Å². The zero-order valence-corrected chi connectivity index (χ0v) is 14.0. The van der Waals surface area contributed by atoms with Crippen LogP contribution in [0, 0.1) is 0 Å². The summed E-state index contributed by atoms with van der Waals surface area (Å²) in [6, 6.07) is 0. The Labute approximate surface area is 129 Å². The molecule has 0 amide bonds. The molecule has 0 aromatic heterocycles. The summed E-state index contributed by atoms with van der Waals surface area (Å²) >= 11 is 2.08. The van der Waals surface area contributed by atoms with Crippen LogP contribution in [0.1, 0.15) is 84.0 Å². The zero-order chi connectivity index (χ0) is 14.5. The van der Waals surface area contributed by atoms with Gasteiger partial charge in [-0.2, -0.15) is 11.8 Å². The van der Waals surface area contributed by atoms with E-state index >= 15 is 0 Å². The van der Waals surface area contributed by atoms with Crippen molar-refractivity contribution < 1.29 is 9.53 Å². The number of carbonyl (C=O) groups excluding carboxylic acids is 1. The van der Waals surface area contributed by atoms with Crippen molar-refractivity contribution >= 4 is 17.7 Å². The summed E-state index contributed by atoms with van der Waals surface area (Å²) in [4.78, 5) is 11.5. The van der Waals surface area contributed by atoms with Crippen LogP contribution in [0.2, 0.25) is 0 Å². The van der Waals surface area contributed by atoms with Crippen molar-refractivity contribution in [3.05, 3.63) is 0 Å². The molecule has 0 N–H and O–H groups in total. The summed E-state index contributed by atoms with van der Waals surface area (Å²) in [5.74, 6) is 1.30. The number of hydrogen-bond acceptors (Lipinski definition) is 3. The lowest BCUT2D eigenvalue weighted by molar-refractivity contribution is -0.143. The van der Waals surface area contributed by atoms with E-state index in [4.69, 9.17) is 4.74 Å². The van der Waals surface area contributed by atoms with E-state index < -0.39 is 0 Å². The predicted octanol–water partition coefficient (Wildman–Crippen LogP) is 5.35. The summed E-state index contributed by atoms with van der Waals surface area (Å²) < 4.78 is 5.29. The van der Waals surface area contributed by atoms with Crippen LogP contribution in [0.4, 0.5) is 0 Å². The molecule has 20 heavy (non-hydrogen) atoms. The van der Waals surface area contributed by atoms with Crippen LogP contribution in [0.3, 0.4) is 0 Å². The topological polar surface area (TPSA) is 26.3 Å². The lowest BCUT2D eigenvalue weighted by Gasteiger charge is -2.11. The Bertz CT molecular complexity index is 243. The third-order valence-corrected chi connectivity index (χ3v) is 5.27. The fourth-order valence-corrected chi connectivity index (χ4v) is 3.71. The molecule has 0 aliphatic carbocycles. The second-order valence-electron chi connectivity index (χ2n) is 5.98. The molecule has 1 atom stereocenters. The Morgan fingerprint density at radius 3 is 2.20 bits per heavy atom. The lowest BCUT2D eigenvalue weighted by Crippen LogP contribution is -2.07. The normalized spacial score (nSPS) is 26.2. The fraction of sp³-hybridized carbons (Fsp3) is 0.941. The third-order valence-electron chi connectivity index (χ3n) is 3.95. The van der Waals surface area contributed by atoms with Gasteiger partial charge >= 0.3 is 5.97 Å². The van der Waals surface area contributed by atoms with Gasteiger partial charge in [0.25, 0.3) is 0 Å².